The normalized spacial score (nSPS) is 10.6. The number of nitrogens with one attached hydrogen (secondary N) is 2. The maximum Gasteiger partial charge on any atom is 0.269 e. The summed E-state index contributed by atoms with van der Waals surface area (Å²) in [7, 11) is 6.69. The van der Waals surface area contributed by atoms with Gasteiger partial charge in [0.05, 0.1) is 25.3 Å². The van der Waals surface area contributed by atoms with Crippen molar-refractivity contribution in [2.75, 3.05) is 26.6 Å². The van der Waals surface area contributed by atoms with Crippen LogP contribution in [-0.4, -0.2) is 41.7 Å². The first kappa shape index (κ1) is 21.0. The van der Waals surface area contributed by atoms with Crippen LogP contribution in [0.3, 0.4) is 0 Å². The molecule has 9 nitrogen and oxygen atoms in total. The Hall–Kier alpha value is -4.27. The lowest BCUT2D eigenvalue weighted by Crippen LogP contribution is -2.18. The van der Waals surface area contributed by atoms with Crippen LogP contribution in [0.25, 0.3) is 11.0 Å². The van der Waals surface area contributed by atoms with E-state index >= 15 is 0 Å². The van der Waals surface area contributed by atoms with E-state index in [1.807, 2.05) is 41.9 Å². The van der Waals surface area contributed by atoms with E-state index in [9.17, 15) is 4.79 Å². The molecule has 164 valence electrons. The van der Waals surface area contributed by atoms with Gasteiger partial charge in [-0.2, -0.15) is 0 Å². The van der Waals surface area contributed by atoms with E-state index in [2.05, 4.69) is 15.6 Å². The van der Waals surface area contributed by atoms with Crippen molar-refractivity contribution in [3.63, 3.8) is 0 Å². The maximum absolute atomic E-state index is 11.8. The van der Waals surface area contributed by atoms with Crippen molar-refractivity contribution in [2.24, 2.45) is 7.05 Å². The van der Waals surface area contributed by atoms with Crippen molar-refractivity contribution in [1.29, 1.82) is 0 Å². The molecule has 4 rings (SSSR count). The van der Waals surface area contributed by atoms with E-state index in [-0.39, 0.29) is 11.6 Å². The SMILES string of the molecule is CNC(=O)c1cc(Oc2ccc3c(c2)nc(Nc2cc(OC)cc(OC)c2)n3C)ccn1. The summed E-state index contributed by atoms with van der Waals surface area (Å²) < 4.78 is 18.5. The van der Waals surface area contributed by atoms with Crippen molar-refractivity contribution in [1.82, 2.24) is 19.9 Å². The van der Waals surface area contributed by atoms with E-state index in [0.29, 0.717) is 28.9 Å². The minimum atomic E-state index is -0.277. The predicted molar refractivity (Wildman–Crippen MR) is 121 cm³/mol. The van der Waals surface area contributed by atoms with Gasteiger partial charge in [-0.1, -0.05) is 0 Å². The molecule has 32 heavy (non-hydrogen) atoms. The Morgan fingerprint density at radius 2 is 1.66 bits per heavy atom. The Balaban J connectivity index is 1.61. The molecule has 0 bridgehead atoms. The number of carbonyl (C=O) groups excluding carboxylic acids is 1. The molecule has 2 heterocycles. The highest BCUT2D eigenvalue weighted by atomic mass is 16.5. The molecule has 0 fully saturated rings. The molecule has 0 spiro atoms. The number of rotatable bonds is 7. The third kappa shape index (κ3) is 4.27. The summed E-state index contributed by atoms with van der Waals surface area (Å²) in [5.74, 6) is 2.83. The van der Waals surface area contributed by atoms with Gasteiger partial charge >= 0.3 is 0 Å². The molecule has 0 radical (unpaired) electrons. The highest BCUT2D eigenvalue weighted by Crippen LogP contribution is 2.31. The van der Waals surface area contributed by atoms with Crippen LogP contribution in [0.2, 0.25) is 0 Å². The standard InChI is InChI=1S/C23H23N5O4/c1-24-22(29)20-13-16(7-8-25-20)32-15-5-6-21-19(12-15)27-23(28(21)2)26-14-9-17(30-3)11-18(10-14)31-4/h5-13H,1-4H3,(H,24,29)(H,26,27). The number of methoxy groups -OCH3 is 2. The number of nitrogens with zero attached hydrogens (tertiary/aromatic N) is 3. The molecule has 4 aromatic rings. The molecule has 0 aliphatic carbocycles. The fraction of sp³-hybridized carbons (Fsp3) is 0.174. The van der Waals surface area contributed by atoms with E-state index in [0.717, 1.165) is 16.7 Å². The predicted octanol–water partition coefficient (Wildman–Crippen LogP) is 3.88. The van der Waals surface area contributed by atoms with Gasteiger partial charge in [0.15, 0.2) is 0 Å². The number of carbonyl (C=O) groups is 1. The number of amides is 1. The molecule has 0 aliphatic rings. The monoisotopic (exact) mass is 433 g/mol. The quantitative estimate of drug-likeness (QED) is 0.456. The molecule has 0 atom stereocenters. The Bertz CT molecular complexity index is 1260. The lowest BCUT2D eigenvalue weighted by atomic mass is 10.3. The number of anilines is 2. The van der Waals surface area contributed by atoms with Gasteiger partial charge < -0.3 is 29.4 Å². The molecule has 2 aromatic heterocycles. The first-order chi connectivity index (χ1) is 15.5. The summed E-state index contributed by atoms with van der Waals surface area (Å²) in [5.41, 5.74) is 2.75. The van der Waals surface area contributed by atoms with Gasteiger partial charge in [-0.25, -0.2) is 4.98 Å². The third-order valence-electron chi connectivity index (χ3n) is 4.89. The Kier molecular flexibility index (Phi) is 5.80. The van der Waals surface area contributed by atoms with Crippen molar-refractivity contribution in [3.8, 4) is 23.0 Å². The zero-order valence-electron chi connectivity index (χ0n) is 18.2. The number of aryl methyl sites for hydroxylation is 1. The largest absolute Gasteiger partial charge is 0.497 e. The number of hydrogen-bond donors (Lipinski definition) is 2. The number of ether oxygens (including phenoxy) is 3. The highest BCUT2D eigenvalue weighted by Gasteiger charge is 2.12. The second kappa shape index (κ2) is 8.84. The number of fused-ring (bicyclic) bond motifs is 1. The minimum Gasteiger partial charge on any atom is -0.497 e. The topological polar surface area (TPSA) is 99.5 Å². The van der Waals surface area contributed by atoms with Gasteiger partial charge in [0, 0.05) is 56.3 Å². The lowest BCUT2D eigenvalue weighted by molar-refractivity contribution is 0.0958. The number of hydrogen-bond acceptors (Lipinski definition) is 7. The number of pyridine rings is 1. The summed E-state index contributed by atoms with van der Waals surface area (Å²) in [6, 6.07) is 14.4. The molecule has 0 saturated heterocycles. The number of aromatic nitrogens is 3. The Morgan fingerprint density at radius 1 is 0.938 bits per heavy atom. The molecule has 0 aliphatic heterocycles. The van der Waals surface area contributed by atoms with Gasteiger partial charge in [0.2, 0.25) is 5.95 Å². The summed E-state index contributed by atoms with van der Waals surface area (Å²) >= 11 is 0. The van der Waals surface area contributed by atoms with Crippen LogP contribution >= 0.6 is 0 Å². The van der Waals surface area contributed by atoms with Crippen LogP contribution in [0.1, 0.15) is 10.5 Å². The fourth-order valence-electron chi connectivity index (χ4n) is 3.23. The van der Waals surface area contributed by atoms with Crippen LogP contribution in [0.4, 0.5) is 11.6 Å². The second-order valence-corrected chi connectivity index (χ2v) is 6.93. The number of benzene rings is 2. The van der Waals surface area contributed by atoms with E-state index < -0.39 is 0 Å². The average molecular weight is 433 g/mol. The molecule has 0 saturated carbocycles. The van der Waals surface area contributed by atoms with Crippen molar-refractivity contribution >= 4 is 28.6 Å². The van der Waals surface area contributed by atoms with Crippen molar-refractivity contribution in [3.05, 3.63) is 60.4 Å². The highest BCUT2D eigenvalue weighted by molar-refractivity contribution is 5.92. The molecule has 2 aromatic carbocycles. The lowest BCUT2D eigenvalue weighted by Gasteiger charge is -2.10. The maximum atomic E-state index is 11.8. The van der Waals surface area contributed by atoms with Crippen LogP contribution in [0.5, 0.6) is 23.0 Å². The summed E-state index contributed by atoms with van der Waals surface area (Å²) in [5, 5.41) is 5.85. The fourth-order valence-corrected chi connectivity index (χ4v) is 3.23. The molecular formula is C23H23N5O4. The van der Waals surface area contributed by atoms with E-state index in [4.69, 9.17) is 19.2 Å². The van der Waals surface area contributed by atoms with Crippen LogP contribution in [-0.2, 0) is 7.05 Å². The van der Waals surface area contributed by atoms with Crippen LogP contribution in [0.15, 0.2) is 54.7 Å². The molecule has 0 unspecified atom stereocenters. The van der Waals surface area contributed by atoms with Gasteiger partial charge in [-0.3, -0.25) is 9.78 Å². The van der Waals surface area contributed by atoms with Gasteiger partial charge in [0.25, 0.3) is 5.91 Å². The van der Waals surface area contributed by atoms with Gasteiger partial charge in [-0.15, -0.1) is 0 Å². The minimum absolute atomic E-state index is 0.277. The summed E-state index contributed by atoms with van der Waals surface area (Å²) in [6.07, 6.45) is 1.53. The van der Waals surface area contributed by atoms with Crippen LogP contribution < -0.4 is 24.8 Å². The Morgan fingerprint density at radius 3 is 2.34 bits per heavy atom. The van der Waals surface area contributed by atoms with E-state index in [1.54, 1.807) is 39.5 Å². The number of imidazole rings is 1. The summed E-state index contributed by atoms with van der Waals surface area (Å²) in [6.45, 7) is 0. The summed E-state index contributed by atoms with van der Waals surface area (Å²) in [4.78, 5) is 20.5. The van der Waals surface area contributed by atoms with Gasteiger partial charge in [-0.05, 0) is 18.2 Å². The average Bonchev–Trinajstić information content (AvgIpc) is 3.12. The smallest absolute Gasteiger partial charge is 0.269 e. The molecule has 9 heteroatoms. The first-order valence-corrected chi connectivity index (χ1v) is 9.83. The second-order valence-electron chi connectivity index (χ2n) is 6.93. The van der Waals surface area contributed by atoms with Crippen LogP contribution in [0, 0.1) is 0 Å². The van der Waals surface area contributed by atoms with E-state index in [1.165, 1.54) is 6.20 Å². The van der Waals surface area contributed by atoms with Crippen molar-refractivity contribution < 1.29 is 19.0 Å². The molecular weight excluding hydrogens is 410 g/mol. The third-order valence-corrected chi connectivity index (χ3v) is 4.89. The molecule has 2 N–H and O–H groups in total. The Labute approximate surface area is 185 Å². The zero-order valence-corrected chi connectivity index (χ0v) is 18.2. The molecule has 1 amide bonds. The van der Waals surface area contributed by atoms with Gasteiger partial charge in [0.1, 0.15) is 28.7 Å². The first-order valence-electron chi connectivity index (χ1n) is 9.83. The zero-order chi connectivity index (χ0) is 22.7. The van der Waals surface area contributed by atoms with Crippen molar-refractivity contribution in [2.45, 2.75) is 0 Å².